The van der Waals surface area contributed by atoms with Crippen molar-refractivity contribution in [3.05, 3.63) is 40.1 Å². The van der Waals surface area contributed by atoms with E-state index in [0.717, 1.165) is 42.7 Å². The molecule has 1 aliphatic heterocycles. The van der Waals surface area contributed by atoms with Crippen molar-refractivity contribution in [2.75, 3.05) is 6.61 Å². The van der Waals surface area contributed by atoms with Gasteiger partial charge in [-0.2, -0.15) is 0 Å². The van der Waals surface area contributed by atoms with Crippen molar-refractivity contribution in [2.45, 2.75) is 52.2 Å². The molecule has 2 aromatic rings. The molecule has 5 nitrogen and oxygen atoms in total. The van der Waals surface area contributed by atoms with E-state index in [1.54, 1.807) is 0 Å². The van der Waals surface area contributed by atoms with Crippen molar-refractivity contribution >= 4 is 11.6 Å². The zero-order valence-electron chi connectivity index (χ0n) is 13.6. The van der Waals surface area contributed by atoms with Crippen molar-refractivity contribution < 1.29 is 13.9 Å². The van der Waals surface area contributed by atoms with Crippen LogP contribution in [0.25, 0.3) is 0 Å². The Morgan fingerprint density at radius 3 is 2.61 bits per heavy atom. The average molecular weight is 337 g/mol. The van der Waals surface area contributed by atoms with Crippen LogP contribution in [0.5, 0.6) is 5.75 Å². The molecular weight excluding hydrogens is 316 g/mol. The summed E-state index contributed by atoms with van der Waals surface area (Å²) in [6, 6.07) is 3.76. The number of aromatic nitrogens is 2. The van der Waals surface area contributed by atoms with E-state index in [2.05, 4.69) is 10.2 Å². The Kier molecular flexibility index (Phi) is 4.87. The molecule has 1 aliphatic rings. The molecule has 0 N–H and O–H groups in total. The molecule has 23 heavy (non-hydrogen) atoms. The van der Waals surface area contributed by atoms with Crippen LogP contribution < -0.4 is 4.74 Å². The van der Waals surface area contributed by atoms with Crippen LogP contribution in [0.1, 0.15) is 61.3 Å². The molecule has 2 heterocycles. The second kappa shape index (κ2) is 6.89. The lowest BCUT2D eigenvalue weighted by Gasteiger charge is -2.19. The van der Waals surface area contributed by atoms with Gasteiger partial charge in [-0.15, -0.1) is 10.2 Å². The Morgan fingerprint density at radius 1 is 1.22 bits per heavy atom. The fraction of sp³-hybridized carbons (Fsp3) is 0.529. The van der Waals surface area contributed by atoms with E-state index < -0.39 is 0 Å². The first-order valence-corrected chi connectivity index (χ1v) is 8.30. The maximum absolute atomic E-state index is 6.05. The molecule has 6 heteroatoms. The topological polar surface area (TPSA) is 57.4 Å². The highest BCUT2D eigenvalue weighted by Crippen LogP contribution is 2.32. The first kappa shape index (κ1) is 16.3. The van der Waals surface area contributed by atoms with Gasteiger partial charge in [0.05, 0.1) is 0 Å². The standard InChI is InChI=1S/C17H21ClN2O3/c1-10-8-13(18)9-11(2)15(10)22-12(3)16-19-20-17(23-16)14-6-4-5-7-21-14/h8-9,12,14H,4-7H2,1-3H3/t12-,14+/m0/s1. The molecule has 2 atom stereocenters. The Hall–Kier alpha value is -1.59. The van der Waals surface area contributed by atoms with Gasteiger partial charge in [0.15, 0.2) is 6.10 Å². The van der Waals surface area contributed by atoms with E-state index in [-0.39, 0.29) is 12.2 Å². The number of nitrogens with zero attached hydrogens (tertiary/aromatic N) is 2. The van der Waals surface area contributed by atoms with Gasteiger partial charge in [-0.3, -0.25) is 0 Å². The van der Waals surface area contributed by atoms with E-state index in [9.17, 15) is 0 Å². The lowest BCUT2D eigenvalue weighted by Crippen LogP contribution is -2.11. The SMILES string of the molecule is Cc1cc(Cl)cc(C)c1O[C@@H](C)c1nnc([C@H]2CCCCO2)o1. The lowest BCUT2D eigenvalue weighted by atomic mass is 10.1. The van der Waals surface area contributed by atoms with Gasteiger partial charge in [0.25, 0.3) is 5.89 Å². The Labute approximate surface area is 140 Å². The summed E-state index contributed by atoms with van der Waals surface area (Å²) in [6.07, 6.45) is 2.71. The van der Waals surface area contributed by atoms with Crippen LogP contribution in [0, 0.1) is 13.8 Å². The third kappa shape index (κ3) is 3.67. The van der Waals surface area contributed by atoms with Crippen molar-refractivity contribution in [3.8, 4) is 5.75 Å². The smallest absolute Gasteiger partial charge is 0.256 e. The average Bonchev–Trinajstić information content (AvgIpc) is 3.01. The molecule has 1 saturated heterocycles. The summed E-state index contributed by atoms with van der Waals surface area (Å²) in [6.45, 7) is 6.58. The first-order chi connectivity index (χ1) is 11.0. The number of hydrogen-bond donors (Lipinski definition) is 0. The molecule has 0 aliphatic carbocycles. The third-order valence-corrected chi connectivity index (χ3v) is 4.20. The van der Waals surface area contributed by atoms with Gasteiger partial charge in [-0.1, -0.05) is 11.6 Å². The van der Waals surface area contributed by atoms with Crippen LogP contribution in [0.4, 0.5) is 0 Å². The van der Waals surface area contributed by atoms with Gasteiger partial charge in [0.1, 0.15) is 11.9 Å². The molecule has 3 rings (SSSR count). The fourth-order valence-corrected chi connectivity index (χ4v) is 3.11. The van der Waals surface area contributed by atoms with Gasteiger partial charge in [0.2, 0.25) is 5.89 Å². The molecule has 0 unspecified atom stereocenters. The summed E-state index contributed by atoms with van der Waals surface area (Å²) >= 11 is 6.05. The number of hydrogen-bond acceptors (Lipinski definition) is 5. The van der Waals surface area contributed by atoms with Crippen LogP contribution in [0.2, 0.25) is 5.02 Å². The number of halogens is 1. The second-order valence-corrected chi connectivity index (χ2v) is 6.40. The predicted octanol–water partition coefficient (Wildman–Crippen LogP) is 4.72. The molecule has 1 aromatic carbocycles. The molecule has 0 saturated carbocycles. The molecule has 1 fully saturated rings. The molecule has 0 amide bonds. The largest absolute Gasteiger partial charge is 0.480 e. The van der Waals surface area contributed by atoms with Gasteiger partial charge in [-0.25, -0.2) is 0 Å². The summed E-state index contributed by atoms with van der Waals surface area (Å²) in [5.41, 5.74) is 1.97. The van der Waals surface area contributed by atoms with Crippen LogP contribution in [0.3, 0.4) is 0 Å². The van der Waals surface area contributed by atoms with E-state index in [0.29, 0.717) is 16.8 Å². The number of rotatable bonds is 4. The normalized spacial score (nSPS) is 19.6. The molecule has 0 bridgehead atoms. The number of ether oxygens (including phenoxy) is 2. The third-order valence-electron chi connectivity index (χ3n) is 3.98. The maximum atomic E-state index is 6.05. The van der Waals surface area contributed by atoms with Gasteiger partial charge in [0, 0.05) is 11.6 Å². The first-order valence-electron chi connectivity index (χ1n) is 7.93. The van der Waals surface area contributed by atoms with Crippen LogP contribution in [-0.4, -0.2) is 16.8 Å². The van der Waals surface area contributed by atoms with Crippen LogP contribution in [0.15, 0.2) is 16.5 Å². The highest BCUT2D eigenvalue weighted by Gasteiger charge is 2.24. The maximum Gasteiger partial charge on any atom is 0.256 e. The molecule has 1 aromatic heterocycles. The summed E-state index contributed by atoms with van der Waals surface area (Å²) < 4.78 is 17.5. The molecule has 0 spiro atoms. The quantitative estimate of drug-likeness (QED) is 0.808. The predicted molar refractivity (Wildman–Crippen MR) is 86.8 cm³/mol. The van der Waals surface area contributed by atoms with Gasteiger partial charge >= 0.3 is 0 Å². The summed E-state index contributed by atoms with van der Waals surface area (Å²) in [7, 11) is 0. The summed E-state index contributed by atoms with van der Waals surface area (Å²) in [5.74, 6) is 1.80. The van der Waals surface area contributed by atoms with Gasteiger partial charge in [-0.05, 0) is 63.3 Å². The van der Waals surface area contributed by atoms with E-state index in [4.69, 9.17) is 25.5 Å². The van der Waals surface area contributed by atoms with Crippen LogP contribution >= 0.6 is 11.6 Å². The minimum absolute atomic E-state index is 0.0868. The highest BCUT2D eigenvalue weighted by molar-refractivity contribution is 6.30. The molecule has 0 radical (unpaired) electrons. The Bertz CT molecular complexity index is 657. The summed E-state index contributed by atoms with van der Waals surface area (Å²) in [5, 5.41) is 8.94. The minimum Gasteiger partial charge on any atom is -0.480 e. The van der Waals surface area contributed by atoms with E-state index in [1.807, 2.05) is 32.9 Å². The fourth-order valence-electron chi connectivity index (χ4n) is 2.79. The molecule has 124 valence electrons. The second-order valence-electron chi connectivity index (χ2n) is 5.96. The van der Waals surface area contributed by atoms with Crippen molar-refractivity contribution in [3.63, 3.8) is 0 Å². The number of benzene rings is 1. The van der Waals surface area contributed by atoms with E-state index in [1.165, 1.54) is 0 Å². The van der Waals surface area contributed by atoms with Gasteiger partial charge < -0.3 is 13.9 Å². The zero-order chi connectivity index (χ0) is 16.4. The Balaban J connectivity index is 1.74. The van der Waals surface area contributed by atoms with Crippen molar-refractivity contribution in [1.82, 2.24) is 10.2 Å². The van der Waals surface area contributed by atoms with E-state index >= 15 is 0 Å². The lowest BCUT2D eigenvalue weighted by molar-refractivity contribution is -0.00313. The van der Waals surface area contributed by atoms with Crippen LogP contribution in [-0.2, 0) is 4.74 Å². The van der Waals surface area contributed by atoms with Crippen molar-refractivity contribution in [2.24, 2.45) is 0 Å². The summed E-state index contributed by atoms with van der Waals surface area (Å²) in [4.78, 5) is 0. The highest BCUT2D eigenvalue weighted by atomic mass is 35.5. The minimum atomic E-state index is -0.335. The zero-order valence-corrected chi connectivity index (χ0v) is 14.4. The molecular formula is C17H21ClN2O3. The number of aryl methyl sites for hydroxylation is 2. The van der Waals surface area contributed by atoms with Crippen molar-refractivity contribution in [1.29, 1.82) is 0 Å². The monoisotopic (exact) mass is 336 g/mol. The Morgan fingerprint density at radius 2 is 1.96 bits per heavy atom.